The highest BCUT2D eigenvalue weighted by Gasteiger charge is 2.35. The van der Waals surface area contributed by atoms with Crippen molar-refractivity contribution in [3.63, 3.8) is 0 Å². The van der Waals surface area contributed by atoms with Crippen molar-refractivity contribution in [1.29, 1.82) is 0 Å². The molecule has 0 aromatic carbocycles. The second-order valence-corrected chi connectivity index (χ2v) is 6.19. The molecule has 0 bridgehead atoms. The fourth-order valence-electron chi connectivity index (χ4n) is 2.02. The summed E-state index contributed by atoms with van der Waals surface area (Å²) >= 11 is 0. The average molecular weight is 312 g/mol. The van der Waals surface area contributed by atoms with Crippen LogP contribution in [0.2, 0.25) is 0 Å². The first-order valence-corrected chi connectivity index (χ1v) is 6.86. The normalized spacial score (nSPS) is 22.7. The van der Waals surface area contributed by atoms with Crippen LogP contribution >= 0.6 is 0 Å². The molecule has 1 fully saturated rings. The van der Waals surface area contributed by atoms with Crippen molar-refractivity contribution in [2.45, 2.75) is 51.6 Å². The van der Waals surface area contributed by atoms with Crippen LogP contribution in [-0.2, 0) is 9.47 Å². The first-order valence-electron chi connectivity index (χ1n) is 6.86. The van der Waals surface area contributed by atoms with Crippen molar-refractivity contribution < 1.29 is 27.4 Å². The third-order valence-corrected chi connectivity index (χ3v) is 2.88. The summed E-state index contributed by atoms with van der Waals surface area (Å²) in [4.78, 5) is 12.9. The number of alkyl halides is 3. The van der Waals surface area contributed by atoms with E-state index in [1.165, 1.54) is 4.90 Å². The number of carbonyl (C=O) groups excluding carboxylic acids is 1. The molecule has 8 heteroatoms. The summed E-state index contributed by atoms with van der Waals surface area (Å²) in [7, 11) is 0. The van der Waals surface area contributed by atoms with Gasteiger partial charge in [-0.15, -0.1) is 0 Å². The first-order chi connectivity index (χ1) is 9.46. The highest BCUT2D eigenvalue weighted by molar-refractivity contribution is 5.68. The predicted molar refractivity (Wildman–Crippen MR) is 71.1 cm³/mol. The van der Waals surface area contributed by atoms with E-state index >= 15 is 0 Å². The lowest BCUT2D eigenvalue weighted by Crippen LogP contribution is -2.54. The molecule has 5 nitrogen and oxygen atoms in total. The van der Waals surface area contributed by atoms with Gasteiger partial charge < -0.3 is 14.8 Å². The lowest BCUT2D eigenvalue weighted by atomic mass is 10.1. The van der Waals surface area contributed by atoms with Gasteiger partial charge in [0.15, 0.2) is 0 Å². The van der Waals surface area contributed by atoms with E-state index in [9.17, 15) is 18.0 Å². The van der Waals surface area contributed by atoms with Crippen molar-refractivity contribution in [3.05, 3.63) is 0 Å². The SMILES string of the molecule is C[C@@H](NC(=O)OC(C)(C)C)[C@H]1CN(CC(F)(F)F)CCO1. The highest BCUT2D eigenvalue weighted by atomic mass is 19.4. The fraction of sp³-hybridized carbons (Fsp3) is 0.923. The average Bonchev–Trinajstić information content (AvgIpc) is 2.23. The maximum atomic E-state index is 12.4. The van der Waals surface area contributed by atoms with Crippen LogP contribution in [0.5, 0.6) is 0 Å². The molecular weight excluding hydrogens is 289 g/mol. The topological polar surface area (TPSA) is 50.8 Å². The molecule has 1 aliphatic rings. The Morgan fingerprint density at radius 1 is 1.43 bits per heavy atom. The largest absolute Gasteiger partial charge is 0.444 e. The molecule has 2 atom stereocenters. The molecule has 21 heavy (non-hydrogen) atoms. The monoisotopic (exact) mass is 312 g/mol. The first kappa shape index (κ1) is 18.0. The second-order valence-electron chi connectivity index (χ2n) is 6.19. The molecule has 0 aromatic rings. The molecule has 1 N–H and O–H groups in total. The van der Waals surface area contributed by atoms with E-state index in [0.717, 1.165) is 0 Å². The van der Waals surface area contributed by atoms with Crippen LogP contribution in [0.25, 0.3) is 0 Å². The molecule has 1 rings (SSSR count). The van der Waals surface area contributed by atoms with Crippen molar-refractivity contribution in [1.82, 2.24) is 10.2 Å². The van der Waals surface area contributed by atoms with Crippen molar-refractivity contribution in [2.24, 2.45) is 0 Å². The number of ether oxygens (including phenoxy) is 2. The van der Waals surface area contributed by atoms with E-state index in [0.29, 0.717) is 0 Å². The zero-order valence-corrected chi connectivity index (χ0v) is 12.8. The lowest BCUT2D eigenvalue weighted by molar-refractivity contribution is -0.160. The van der Waals surface area contributed by atoms with Crippen LogP contribution in [0.4, 0.5) is 18.0 Å². The summed E-state index contributed by atoms with van der Waals surface area (Å²) in [5.41, 5.74) is -0.625. The predicted octanol–water partition coefficient (Wildman–Crippen LogP) is 2.16. The summed E-state index contributed by atoms with van der Waals surface area (Å²) in [6.45, 7) is 6.49. The molecule has 0 unspecified atom stereocenters. The smallest absolute Gasteiger partial charge is 0.407 e. The number of morpholine rings is 1. The standard InChI is InChI=1S/C13H23F3N2O3/c1-9(17-11(19)21-12(2,3)4)10-7-18(5-6-20-10)8-13(14,15)16/h9-10H,5-8H2,1-4H3,(H,17,19)/t9-,10-/m1/s1. The minimum absolute atomic E-state index is 0.122. The van der Waals surface area contributed by atoms with Gasteiger partial charge in [0.2, 0.25) is 0 Å². The third kappa shape index (κ3) is 7.52. The Hall–Kier alpha value is -1.02. The Kier molecular flexibility index (Phi) is 5.86. The zero-order chi connectivity index (χ0) is 16.3. The molecule has 0 aliphatic carbocycles. The van der Waals surface area contributed by atoms with Crippen LogP contribution in [0.1, 0.15) is 27.7 Å². The van der Waals surface area contributed by atoms with Gasteiger partial charge in [-0.25, -0.2) is 4.79 Å². The fourth-order valence-corrected chi connectivity index (χ4v) is 2.02. The third-order valence-electron chi connectivity index (χ3n) is 2.88. The number of alkyl carbamates (subject to hydrolysis) is 1. The van der Waals surface area contributed by atoms with Crippen LogP contribution in [-0.4, -0.2) is 61.2 Å². The number of nitrogens with one attached hydrogen (secondary N) is 1. The van der Waals surface area contributed by atoms with Gasteiger partial charge in [-0.1, -0.05) is 0 Å². The van der Waals surface area contributed by atoms with Crippen molar-refractivity contribution >= 4 is 6.09 Å². The van der Waals surface area contributed by atoms with E-state index in [4.69, 9.17) is 9.47 Å². The summed E-state index contributed by atoms with van der Waals surface area (Å²) in [6.07, 6.45) is -5.33. The molecule has 0 aromatic heterocycles. The quantitative estimate of drug-likeness (QED) is 0.868. The van der Waals surface area contributed by atoms with Crippen LogP contribution < -0.4 is 5.32 Å². The number of nitrogens with zero attached hydrogens (tertiary/aromatic N) is 1. The number of hydrogen-bond donors (Lipinski definition) is 1. The molecule has 0 radical (unpaired) electrons. The molecule has 1 aliphatic heterocycles. The number of halogens is 3. The molecule has 0 saturated carbocycles. The van der Waals surface area contributed by atoms with Gasteiger partial charge in [-0.05, 0) is 27.7 Å². The summed E-state index contributed by atoms with van der Waals surface area (Å²) in [5, 5.41) is 2.60. The van der Waals surface area contributed by atoms with Gasteiger partial charge >= 0.3 is 12.3 Å². The van der Waals surface area contributed by atoms with E-state index in [-0.39, 0.29) is 19.7 Å². The van der Waals surface area contributed by atoms with Gasteiger partial charge in [0, 0.05) is 13.1 Å². The molecule has 124 valence electrons. The van der Waals surface area contributed by atoms with Gasteiger partial charge in [0.05, 0.1) is 25.3 Å². The van der Waals surface area contributed by atoms with Crippen molar-refractivity contribution in [3.8, 4) is 0 Å². The molecule has 1 amide bonds. The Balaban J connectivity index is 2.46. The lowest BCUT2D eigenvalue weighted by Gasteiger charge is -2.36. The Morgan fingerprint density at radius 3 is 2.57 bits per heavy atom. The summed E-state index contributed by atoms with van der Waals surface area (Å²) in [6, 6.07) is -0.434. The van der Waals surface area contributed by atoms with E-state index in [2.05, 4.69) is 5.32 Å². The van der Waals surface area contributed by atoms with Crippen molar-refractivity contribution in [2.75, 3.05) is 26.2 Å². The van der Waals surface area contributed by atoms with Gasteiger partial charge in [-0.3, -0.25) is 4.90 Å². The summed E-state index contributed by atoms with van der Waals surface area (Å²) < 4.78 is 47.7. The number of amides is 1. The maximum absolute atomic E-state index is 12.4. The number of hydrogen-bond acceptors (Lipinski definition) is 4. The van der Waals surface area contributed by atoms with Crippen LogP contribution in [0, 0.1) is 0 Å². The molecule has 1 saturated heterocycles. The highest BCUT2D eigenvalue weighted by Crippen LogP contribution is 2.19. The maximum Gasteiger partial charge on any atom is 0.407 e. The molecule has 1 heterocycles. The van der Waals surface area contributed by atoms with Gasteiger partial charge in [0.25, 0.3) is 0 Å². The number of rotatable bonds is 3. The van der Waals surface area contributed by atoms with E-state index in [1.54, 1.807) is 27.7 Å². The number of carbonyl (C=O) groups is 1. The van der Waals surface area contributed by atoms with Crippen LogP contribution in [0.3, 0.4) is 0 Å². The Bertz CT molecular complexity index is 356. The van der Waals surface area contributed by atoms with E-state index < -0.39 is 36.6 Å². The zero-order valence-electron chi connectivity index (χ0n) is 12.8. The van der Waals surface area contributed by atoms with E-state index in [1.807, 2.05) is 0 Å². The Labute approximate surface area is 122 Å². The Morgan fingerprint density at radius 2 is 2.05 bits per heavy atom. The van der Waals surface area contributed by atoms with Gasteiger partial charge in [0.1, 0.15) is 5.60 Å². The minimum Gasteiger partial charge on any atom is -0.444 e. The van der Waals surface area contributed by atoms with Gasteiger partial charge in [-0.2, -0.15) is 13.2 Å². The summed E-state index contributed by atoms with van der Waals surface area (Å²) in [5.74, 6) is 0. The minimum atomic E-state index is -4.23. The molecule has 0 spiro atoms. The second kappa shape index (κ2) is 6.83. The molecular formula is C13H23F3N2O3. The van der Waals surface area contributed by atoms with Crippen LogP contribution in [0.15, 0.2) is 0 Å².